The zero-order chi connectivity index (χ0) is 16.3. The molecule has 0 unspecified atom stereocenters. The van der Waals surface area contributed by atoms with Crippen LogP contribution in [-0.2, 0) is 16.6 Å². The minimum atomic E-state index is -3.43. The summed E-state index contributed by atoms with van der Waals surface area (Å²) in [5, 5.41) is 3.22. The van der Waals surface area contributed by atoms with Gasteiger partial charge in [-0.05, 0) is 30.9 Å². The van der Waals surface area contributed by atoms with Crippen LogP contribution in [0.4, 0.5) is 0 Å². The van der Waals surface area contributed by atoms with E-state index in [0.29, 0.717) is 17.4 Å². The molecule has 0 aliphatic carbocycles. The smallest absolute Gasteiger partial charge is 0.241 e. The van der Waals surface area contributed by atoms with Crippen molar-refractivity contribution < 1.29 is 8.42 Å². The summed E-state index contributed by atoms with van der Waals surface area (Å²) in [6.45, 7) is 14.3. The van der Waals surface area contributed by atoms with Crippen LogP contribution < -0.4 is 10.0 Å². The van der Waals surface area contributed by atoms with E-state index < -0.39 is 10.0 Å². The second kappa shape index (κ2) is 7.22. The maximum atomic E-state index is 12.5. The average Bonchev–Trinajstić information content (AvgIpc) is 2.76. The molecule has 0 spiro atoms. The zero-order valence-electron chi connectivity index (χ0n) is 13.9. The maximum absolute atomic E-state index is 12.5. The fourth-order valence-electron chi connectivity index (χ4n) is 1.69. The third-order valence-electron chi connectivity index (χ3n) is 4.04. The van der Waals surface area contributed by atoms with Crippen LogP contribution in [0.3, 0.4) is 0 Å². The lowest BCUT2D eigenvalue weighted by Gasteiger charge is -2.29. The van der Waals surface area contributed by atoms with Crippen molar-refractivity contribution >= 4 is 21.4 Å². The molecule has 4 nitrogen and oxygen atoms in total. The second-order valence-corrected chi connectivity index (χ2v) is 9.46. The van der Waals surface area contributed by atoms with Gasteiger partial charge < -0.3 is 5.32 Å². The highest BCUT2D eigenvalue weighted by Crippen LogP contribution is 2.28. The van der Waals surface area contributed by atoms with E-state index in [1.165, 1.54) is 11.3 Å². The largest absolute Gasteiger partial charge is 0.312 e. The minimum Gasteiger partial charge on any atom is -0.312 e. The summed E-state index contributed by atoms with van der Waals surface area (Å²) in [6, 6.07) is 1.79. The molecule has 0 atom stereocenters. The molecule has 0 amide bonds. The molecule has 122 valence electrons. The van der Waals surface area contributed by atoms with Gasteiger partial charge >= 0.3 is 0 Å². The lowest BCUT2D eigenvalue weighted by Crippen LogP contribution is -2.37. The van der Waals surface area contributed by atoms with Gasteiger partial charge in [0.25, 0.3) is 0 Å². The quantitative estimate of drug-likeness (QED) is 0.769. The van der Waals surface area contributed by atoms with Crippen molar-refractivity contribution in [2.75, 3.05) is 13.1 Å². The Labute approximate surface area is 133 Å². The number of aryl methyl sites for hydroxylation is 1. The van der Waals surface area contributed by atoms with Gasteiger partial charge in [-0.15, -0.1) is 11.3 Å². The van der Waals surface area contributed by atoms with E-state index in [4.69, 9.17) is 0 Å². The number of sulfonamides is 1. The molecule has 0 aliphatic rings. The third kappa shape index (κ3) is 5.06. The summed E-state index contributed by atoms with van der Waals surface area (Å²) in [7, 11) is -3.43. The van der Waals surface area contributed by atoms with E-state index >= 15 is 0 Å². The van der Waals surface area contributed by atoms with Crippen molar-refractivity contribution in [2.45, 2.75) is 53.0 Å². The standard InChI is InChI=1S/C15H28N2O2S2/c1-7-16-9-13-8-14(12(4)20-13)21(18,19)17-10-15(5,6)11(2)3/h8,11,16-17H,7,9-10H2,1-6H3. The summed E-state index contributed by atoms with van der Waals surface area (Å²) in [6.07, 6.45) is 0. The highest BCUT2D eigenvalue weighted by molar-refractivity contribution is 7.89. The molecule has 0 radical (unpaired) electrons. The van der Waals surface area contributed by atoms with E-state index in [1.54, 1.807) is 6.07 Å². The second-order valence-electron chi connectivity index (χ2n) is 6.38. The Balaban J connectivity index is 2.86. The van der Waals surface area contributed by atoms with Gasteiger partial charge in [-0.2, -0.15) is 0 Å². The minimum absolute atomic E-state index is 0.0659. The molecule has 1 aromatic heterocycles. The van der Waals surface area contributed by atoms with Crippen LogP contribution in [0.5, 0.6) is 0 Å². The van der Waals surface area contributed by atoms with E-state index in [2.05, 4.69) is 37.7 Å². The van der Waals surface area contributed by atoms with Gasteiger partial charge in [0.15, 0.2) is 0 Å². The van der Waals surface area contributed by atoms with Crippen LogP contribution in [0, 0.1) is 18.3 Å². The first kappa shape index (κ1) is 18.6. The SMILES string of the molecule is CCNCc1cc(S(=O)(=O)NCC(C)(C)C(C)C)c(C)s1. The molecule has 1 aromatic rings. The van der Waals surface area contributed by atoms with Crippen molar-refractivity contribution in [1.29, 1.82) is 0 Å². The molecule has 0 aliphatic heterocycles. The molecule has 2 N–H and O–H groups in total. The van der Waals surface area contributed by atoms with E-state index in [9.17, 15) is 8.42 Å². The first-order valence-electron chi connectivity index (χ1n) is 7.40. The molecular weight excluding hydrogens is 304 g/mol. The van der Waals surface area contributed by atoms with Gasteiger partial charge in [0.05, 0.1) is 4.90 Å². The fraction of sp³-hybridized carbons (Fsp3) is 0.733. The molecular formula is C15H28N2O2S2. The van der Waals surface area contributed by atoms with Crippen molar-refractivity contribution in [3.05, 3.63) is 15.8 Å². The van der Waals surface area contributed by atoms with Gasteiger partial charge in [-0.25, -0.2) is 13.1 Å². The molecule has 1 heterocycles. The van der Waals surface area contributed by atoms with Crippen molar-refractivity contribution in [3.8, 4) is 0 Å². The highest BCUT2D eigenvalue weighted by atomic mass is 32.2. The first-order valence-corrected chi connectivity index (χ1v) is 9.70. The fourth-order valence-corrected chi connectivity index (χ4v) is 4.52. The van der Waals surface area contributed by atoms with Crippen molar-refractivity contribution in [2.24, 2.45) is 11.3 Å². The number of hydrogen-bond donors (Lipinski definition) is 2. The molecule has 0 fully saturated rings. The summed E-state index contributed by atoms with van der Waals surface area (Å²) >= 11 is 1.54. The maximum Gasteiger partial charge on any atom is 0.241 e. The van der Waals surface area contributed by atoms with Crippen molar-refractivity contribution in [1.82, 2.24) is 10.0 Å². The summed E-state index contributed by atoms with van der Waals surface area (Å²) in [4.78, 5) is 2.32. The van der Waals surface area contributed by atoms with Gasteiger partial charge in [-0.3, -0.25) is 0 Å². The Morgan fingerprint density at radius 3 is 2.48 bits per heavy atom. The van der Waals surface area contributed by atoms with E-state index in [0.717, 1.165) is 22.8 Å². The number of thiophene rings is 1. The molecule has 6 heteroatoms. The molecule has 0 bridgehead atoms. The van der Waals surface area contributed by atoms with Crippen LogP contribution in [0.25, 0.3) is 0 Å². The molecule has 1 rings (SSSR count). The van der Waals surface area contributed by atoms with Crippen molar-refractivity contribution in [3.63, 3.8) is 0 Å². The highest BCUT2D eigenvalue weighted by Gasteiger charge is 2.26. The predicted molar refractivity (Wildman–Crippen MR) is 90.2 cm³/mol. The van der Waals surface area contributed by atoms with E-state index in [1.807, 2.05) is 13.8 Å². The Bertz CT molecular complexity index is 560. The van der Waals surface area contributed by atoms with Crippen LogP contribution >= 0.6 is 11.3 Å². The normalized spacial score (nSPS) is 13.1. The molecule has 0 aromatic carbocycles. The summed E-state index contributed by atoms with van der Waals surface area (Å²) in [5.41, 5.74) is -0.0659. The Kier molecular flexibility index (Phi) is 6.40. The molecule has 21 heavy (non-hydrogen) atoms. The average molecular weight is 333 g/mol. The predicted octanol–water partition coefficient (Wildman–Crippen LogP) is 3.13. The third-order valence-corrected chi connectivity index (χ3v) is 6.75. The lowest BCUT2D eigenvalue weighted by atomic mass is 9.81. The van der Waals surface area contributed by atoms with Gasteiger partial charge in [0.2, 0.25) is 10.0 Å². The Morgan fingerprint density at radius 2 is 1.95 bits per heavy atom. The molecule has 0 saturated heterocycles. The number of nitrogens with one attached hydrogen (secondary N) is 2. The lowest BCUT2D eigenvalue weighted by molar-refractivity contribution is 0.252. The first-order chi connectivity index (χ1) is 9.60. The number of hydrogen-bond acceptors (Lipinski definition) is 4. The number of rotatable bonds is 8. The van der Waals surface area contributed by atoms with Crippen LogP contribution in [0.15, 0.2) is 11.0 Å². The van der Waals surface area contributed by atoms with E-state index in [-0.39, 0.29) is 5.41 Å². The monoisotopic (exact) mass is 332 g/mol. The van der Waals surface area contributed by atoms with Gasteiger partial charge in [0.1, 0.15) is 0 Å². The molecule has 0 saturated carbocycles. The Hall–Kier alpha value is -0.430. The topological polar surface area (TPSA) is 58.2 Å². The van der Waals surface area contributed by atoms with Gasteiger partial charge in [0, 0.05) is 22.8 Å². The van der Waals surface area contributed by atoms with Gasteiger partial charge in [-0.1, -0.05) is 34.6 Å². The van der Waals surface area contributed by atoms with Crippen LogP contribution in [0.1, 0.15) is 44.4 Å². The van der Waals surface area contributed by atoms with Crippen LogP contribution in [-0.4, -0.2) is 21.5 Å². The zero-order valence-corrected chi connectivity index (χ0v) is 15.5. The summed E-state index contributed by atoms with van der Waals surface area (Å²) < 4.78 is 27.7. The Morgan fingerprint density at radius 1 is 1.33 bits per heavy atom. The van der Waals surface area contributed by atoms with Crippen LogP contribution in [0.2, 0.25) is 0 Å². The summed E-state index contributed by atoms with van der Waals surface area (Å²) in [5.74, 6) is 0.410.